The topological polar surface area (TPSA) is 186 Å². The van der Waals surface area contributed by atoms with Crippen LogP contribution in [0.25, 0.3) is 11.3 Å². The molecule has 0 saturated carbocycles. The van der Waals surface area contributed by atoms with Gasteiger partial charge in [0.1, 0.15) is 24.2 Å². The van der Waals surface area contributed by atoms with E-state index in [0.717, 1.165) is 17.4 Å². The molecule has 12 atom stereocenters. The Bertz CT molecular complexity index is 1530. The number of hydrogen-bond acceptors (Lipinski definition) is 13. The standard InChI is InChI=1S/C38H55N5O9/c1-8-32-28(20-43-21-29(40-41-43)27-10-9-14-39-19-27)16-22(2)11-12-30(45)23(3)17-26(13-15-44)37(24(4)31(46)18-33(47)51-32)52-38-36(49)34(42(6)7)35(48)25(5)50-38/h9-12,14-16,19,21,23-26,28,31-32,34-38,46,48-49H,8,13,17-18,20H2,1-7H3/b12-11+,22-16+/t23-,24+,25-,26+,28-,31-,32-,34?,35?,36?,37-,38+/m1/s1. The quantitative estimate of drug-likeness (QED) is 0.253. The third-order valence-corrected chi connectivity index (χ3v) is 10.2. The highest BCUT2D eigenvalue weighted by Crippen LogP contribution is 2.34. The Morgan fingerprint density at radius 1 is 1.12 bits per heavy atom. The maximum absolute atomic E-state index is 13.5. The van der Waals surface area contributed by atoms with Crippen LogP contribution in [0.3, 0.4) is 0 Å². The molecule has 14 nitrogen and oxygen atoms in total. The average Bonchev–Trinajstić information content (AvgIpc) is 3.58. The van der Waals surface area contributed by atoms with Crippen LogP contribution < -0.4 is 0 Å². The lowest BCUT2D eigenvalue weighted by Crippen LogP contribution is -2.63. The van der Waals surface area contributed by atoms with Crippen molar-refractivity contribution in [3.63, 3.8) is 0 Å². The summed E-state index contributed by atoms with van der Waals surface area (Å²) in [6.07, 6.45) is 4.37. The number of ketones is 1. The van der Waals surface area contributed by atoms with E-state index in [0.29, 0.717) is 18.7 Å². The van der Waals surface area contributed by atoms with Gasteiger partial charge in [0.2, 0.25) is 0 Å². The van der Waals surface area contributed by atoms with Gasteiger partial charge in [-0.25, -0.2) is 0 Å². The third kappa shape index (κ3) is 10.5. The van der Waals surface area contributed by atoms with Gasteiger partial charge in [0, 0.05) is 42.1 Å². The fraction of sp³-hybridized carbons (Fsp3) is 0.632. The van der Waals surface area contributed by atoms with Crippen LogP contribution in [0.1, 0.15) is 60.3 Å². The molecule has 0 bridgehead atoms. The van der Waals surface area contributed by atoms with Gasteiger partial charge >= 0.3 is 5.97 Å². The third-order valence-electron chi connectivity index (χ3n) is 10.2. The van der Waals surface area contributed by atoms with Gasteiger partial charge < -0.3 is 39.2 Å². The summed E-state index contributed by atoms with van der Waals surface area (Å²) in [5.74, 6) is -3.02. The van der Waals surface area contributed by atoms with Crippen molar-refractivity contribution >= 4 is 18.0 Å². The molecule has 1 fully saturated rings. The van der Waals surface area contributed by atoms with E-state index in [9.17, 15) is 29.7 Å². The molecule has 0 spiro atoms. The molecule has 2 aliphatic heterocycles. The van der Waals surface area contributed by atoms with E-state index in [-0.39, 0.29) is 31.0 Å². The molecular weight excluding hydrogens is 670 g/mol. The second-order valence-electron chi connectivity index (χ2n) is 14.5. The first-order valence-corrected chi connectivity index (χ1v) is 18.1. The number of carbonyl (C=O) groups is 3. The van der Waals surface area contributed by atoms with Crippen molar-refractivity contribution in [2.45, 2.75) is 116 Å². The molecule has 4 rings (SSSR count). The zero-order valence-corrected chi connectivity index (χ0v) is 31.2. The molecule has 286 valence electrons. The lowest BCUT2D eigenvalue weighted by atomic mass is 9.79. The summed E-state index contributed by atoms with van der Waals surface area (Å²) in [5.41, 5.74) is 2.22. The highest BCUT2D eigenvalue weighted by molar-refractivity contribution is 5.91. The zero-order valence-electron chi connectivity index (χ0n) is 31.2. The monoisotopic (exact) mass is 725 g/mol. The van der Waals surface area contributed by atoms with Gasteiger partial charge in [-0.05, 0) is 64.9 Å². The molecule has 0 amide bonds. The number of carbonyl (C=O) groups excluding carboxylic acids is 3. The second kappa shape index (κ2) is 18.9. The number of aromatic nitrogens is 4. The number of nitrogens with zero attached hydrogens (tertiary/aromatic N) is 5. The highest BCUT2D eigenvalue weighted by Gasteiger charge is 2.47. The number of cyclic esters (lactones) is 1. The van der Waals surface area contributed by atoms with Gasteiger partial charge in [-0.2, -0.15) is 0 Å². The number of aliphatic hydroxyl groups is 3. The van der Waals surface area contributed by atoms with Gasteiger partial charge in [0.25, 0.3) is 0 Å². The smallest absolute Gasteiger partial charge is 0.308 e. The minimum atomic E-state index is -1.28. The van der Waals surface area contributed by atoms with Crippen molar-refractivity contribution in [1.29, 1.82) is 0 Å². The summed E-state index contributed by atoms with van der Waals surface area (Å²) in [6.45, 7) is 9.22. The molecule has 2 aromatic rings. The highest BCUT2D eigenvalue weighted by atomic mass is 16.7. The van der Waals surface area contributed by atoms with Gasteiger partial charge in [0.15, 0.2) is 12.1 Å². The Morgan fingerprint density at radius 2 is 1.87 bits per heavy atom. The number of ether oxygens (including phenoxy) is 3. The Kier molecular flexibility index (Phi) is 14.9. The van der Waals surface area contributed by atoms with Crippen molar-refractivity contribution in [1.82, 2.24) is 24.9 Å². The zero-order chi connectivity index (χ0) is 38.1. The van der Waals surface area contributed by atoms with Crippen molar-refractivity contribution < 1.29 is 43.9 Å². The van der Waals surface area contributed by atoms with Crippen LogP contribution >= 0.6 is 0 Å². The number of allylic oxidation sites excluding steroid dienone is 3. The second-order valence-corrected chi connectivity index (χ2v) is 14.5. The lowest BCUT2D eigenvalue weighted by Gasteiger charge is -2.46. The molecule has 0 aliphatic carbocycles. The van der Waals surface area contributed by atoms with E-state index in [1.54, 1.807) is 69.1 Å². The number of pyridine rings is 1. The Hall–Kier alpha value is -3.66. The van der Waals surface area contributed by atoms with Crippen LogP contribution in [-0.4, -0.2) is 121 Å². The van der Waals surface area contributed by atoms with Gasteiger partial charge in [-0.3, -0.25) is 19.3 Å². The molecule has 2 aliphatic rings. The van der Waals surface area contributed by atoms with Gasteiger partial charge in [-0.1, -0.05) is 43.7 Å². The maximum atomic E-state index is 13.5. The van der Waals surface area contributed by atoms with Crippen LogP contribution in [0, 0.1) is 23.7 Å². The Labute approximate surface area is 305 Å². The predicted octanol–water partition coefficient (Wildman–Crippen LogP) is 2.76. The summed E-state index contributed by atoms with van der Waals surface area (Å²) in [4.78, 5) is 44.9. The normalized spacial score (nSPS) is 35.8. The molecule has 3 unspecified atom stereocenters. The largest absolute Gasteiger partial charge is 0.462 e. The predicted molar refractivity (Wildman–Crippen MR) is 191 cm³/mol. The first kappa shape index (κ1) is 41.1. The molecule has 14 heteroatoms. The Morgan fingerprint density at radius 3 is 2.52 bits per heavy atom. The number of likely N-dealkylation sites (N-methyl/N-ethyl adjacent to an activating group) is 1. The summed E-state index contributed by atoms with van der Waals surface area (Å²) in [7, 11) is 3.45. The van der Waals surface area contributed by atoms with Crippen molar-refractivity contribution in [3.05, 3.63) is 54.5 Å². The molecule has 4 heterocycles. The van der Waals surface area contributed by atoms with Crippen molar-refractivity contribution in [2.75, 3.05) is 14.1 Å². The SMILES string of the molecule is CC[C@H]1OC(=O)C[C@@H](O)[C@H](C)[C@@H](O[C@@H]2O[C@H](C)C(O)C(N(C)C)C2O)[C@@H](CC=O)C[C@@H](C)C(=O)/C=C/C(C)=C/[C@@H]1Cn1cc(-c2cccnc2)nn1. The number of aldehydes is 1. The van der Waals surface area contributed by atoms with E-state index in [1.165, 1.54) is 6.08 Å². The van der Waals surface area contributed by atoms with Crippen LogP contribution in [-0.2, 0) is 35.1 Å². The molecule has 0 aromatic carbocycles. The van der Waals surface area contributed by atoms with E-state index >= 15 is 0 Å². The van der Waals surface area contributed by atoms with Gasteiger partial charge in [0.05, 0.1) is 49.6 Å². The van der Waals surface area contributed by atoms with Crippen LogP contribution in [0.5, 0.6) is 0 Å². The summed E-state index contributed by atoms with van der Waals surface area (Å²) < 4.78 is 20.1. The first-order valence-electron chi connectivity index (χ1n) is 18.1. The minimum Gasteiger partial charge on any atom is -0.462 e. The molecule has 1 saturated heterocycles. The summed E-state index contributed by atoms with van der Waals surface area (Å²) in [5, 5.41) is 42.2. The fourth-order valence-electron chi connectivity index (χ4n) is 7.18. The lowest BCUT2D eigenvalue weighted by molar-refractivity contribution is -0.304. The van der Waals surface area contributed by atoms with Crippen LogP contribution in [0.15, 0.2) is 54.5 Å². The fourth-order valence-corrected chi connectivity index (χ4v) is 7.18. The number of rotatable bonds is 9. The molecule has 0 radical (unpaired) electrons. The van der Waals surface area contributed by atoms with Crippen LogP contribution in [0.4, 0.5) is 0 Å². The van der Waals surface area contributed by atoms with E-state index < -0.39 is 72.7 Å². The summed E-state index contributed by atoms with van der Waals surface area (Å²) in [6, 6.07) is 2.98. The Balaban J connectivity index is 1.66. The van der Waals surface area contributed by atoms with Gasteiger partial charge in [-0.15, -0.1) is 5.10 Å². The molecule has 52 heavy (non-hydrogen) atoms. The van der Waals surface area contributed by atoms with E-state index in [4.69, 9.17) is 14.2 Å². The molecular formula is C38H55N5O9. The van der Waals surface area contributed by atoms with Crippen molar-refractivity contribution in [3.8, 4) is 11.3 Å². The number of esters is 1. The number of hydrogen-bond donors (Lipinski definition) is 3. The van der Waals surface area contributed by atoms with Crippen molar-refractivity contribution in [2.24, 2.45) is 23.7 Å². The summed E-state index contributed by atoms with van der Waals surface area (Å²) >= 11 is 0. The van der Waals surface area contributed by atoms with E-state index in [1.807, 2.05) is 32.1 Å². The first-order chi connectivity index (χ1) is 24.7. The number of aliphatic hydroxyl groups excluding tert-OH is 3. The molecule has 2 aromatic heterocycles. The molecule has 3 N–H and O–H groups in total. The maximum Gasteiger partial charge on any atom is 0.308 e. The average molecular weight is 726 g/mol. The van der Waals surface area contributed by atoms with E-state index in [2.05, 4.69) is 15.3 Å². The minimum absolute atomic E-state index is 0.00505. The van der Waals surface area contributed by atoms with Crippen LogP contribution in [0.2, 0.25) is 0 Å².